The fourth-order valence-corrected chi connectivity index (χ4v) is 4.19. The van der Waals surface area contributed by atoms with Gasteiger partial charge in [-0.2, -0.15) is 0 Å². The first kappa shape index (κ1) is 15.8. The SMILES string of the molecule is CON(c1ccccc1[Si](C)(C)C)[C@H](C)c1ccccc1. The molecular formula is C18H25NOSi. The molecule has 0 N–H and O–H groups in total. The summed E-state index contributed by atoms with van der Waals surface area (Å²) in [5.41, 5.74) is 2.44. The molecule has 0 unspecified atom stereocenters. The van der Waals surface area contributed by atoms with E-state index in [9.17, 15) is 0 Å². The Bertz CT molecular complexity index is 577. The molecule has 0 radical (unpaired) electrons. The van der Waals surface area contributed by atoms with Gasteiger partial charge in [-0.3, -0.25) is 4.84 Å². The van der Waals surface area contributed by atoms with E-state index in [0.717, 1.165) is 0 Å². The monoisotopic (exact) mass is 299 g/mol. The molecule has 112 valence electrons. The summed E-state index contributed by atoms with van der Waals surface area (Å²) in [5, 5.41) is 3.46. The second-order valence-electron chi connectivity index (χ2n) is 6.36. The van der Waals surface area contributed by atoms with Crippen LogP contribution in [0.3, 0.4) is 0 Å². The fraction of sp³-hybridized carbons (Fsp3) is 0.333. The summed E-state index contributed by atoms with van der Waals surface area (Å²) in [7, 11) is 0.325. The molecule has 2 aromatic rings. The van der Waals surface area contributed by atoms with Gasteiger partial charge in [-0.25, -0.2) is 5.06 Å². The molecule has 0 heterocycles. The first-order valence-electron chi connectivity index (χ1n) is 7.43. The number of hydroxylamine groups is 1. The Morgan fingerprint density at radius 2 is 1.48 bits per heavy atom. The minimum absolute atomic E-state index is 0.175. The van der Waals surface area contributed by atoms with E-state index >= 15 is 0 Å². The third kappa shape index (κ3) is 3.55. The van der Waals surface area contributed by atoms with Crippen LogP contribution >= 0.6 is 0 Å². The Kier molecular flexibility index (Phi) is 4.86. The molecule has 21 heavy (non-hydrogen) atoms. The van der Waals surface area contributed by atoms with E-state index in [1.54, 1.807) is 7.11 Å². The Hall–Kier alpha value is -1.58. The molecule has 0 aliphatic rings. The summed E-state index contributed by atoms with van der Waals surface area (Å²) in [4.78, 5) is 5.74. The molecule has 0 bridgehead atoms. The van der Waals surface area contributed by atoms with Crippen LogP contribution in [0, 0.1) is 0 Å². The zero-order chi connectivity index (χ0) is 15.5. The van der Waals surface area contributed by atoms with E-state index in [1.807, 2.05) is 11.1 Å². The summed E-state index contributed by atoms with van der Waals surface area (Å²) in [6.45, 7) is 9.28. The molecule has 0 aliphatic heterocycles. The highest BCUT2D eigenvalue weighted by molar-refractivity contribution is 6.89. The highest BCUT2D eigenvalue weighted by atomic mass is 28.3. The van der Waals surface area contributed by atoms with Crippen LogP contribution in [-0.2, 0) is 4.84 Å². The summed E-state index contributed by atoms with van der Waals surface area (Å²) < 4.78 is 0. The summed E-state index contributed by atoms with van der Waals surface area (Å²) >= 11 is 0. The second kappa shape index (κ2) is 6.46. The smallest absolute Gasteiger partial charge is 0.0804 e. The van der Waals surface area contributed by atoms with Gasteiger partial charge < -0.3 is 0 Å². The number of anilines is 1. The molecule has 2 nitrogen and oxygen atoms in total. The first-order chi connectivity index (χ1) is 9.95. The van der Waals surface area contributed by atoms with Gasteiger partial charge in [-0.05, 0) is 23.7 Å². The Balaban J connectivity index is 2.43. The van der Waals surface area contributed by atoms with Crippen molar-refractivity contribution in [2.45, 2.75) is 32.6 Å². The van der Waals surface area contributed by atoms with Gasteiger partial charge >= 0.3 is 0 Å². The lowest BCUT2D eigenvalue weighted by atomic mass is 10.1. The number of hydrogen-bond acceptors (Lipinski definition) is 2. The lowest BCUT2D eigenvalue weighted by molar-refractivity contribution is 0.144. The fourth-order valence-electron chi connectivity index (χ4n) is 2.63. The Morgan fingerprint density at radius 3 is 2.05 bits per heavy atom. The van der Waals surface area contributed by atoms with Crippen molar-refractivity contribution in [1.29, 1.82) is 0 Å². The van der Waals surface area contributed by atoms with Crippen molar-refractivity contribution >= 4 is 18.9 Å². The molecule has 3 heteroatoms. The van der Waals surface area contributed by atoms with E-state index in [2.05, 4.69) is 75.1 Å². The average Bonchev–Trinajstić information content (AvgIpc) is 2.48. The lowest BCUT2D eigenvalue weighted by Crippen LogP contribution is -2.42. The number of benzene rings is 2. The van der Waals surface area contributed by atoms with Crippen molar-refractivity contribution < 1.29 is 4.84 Å². The predicted octanol–water partition coefficient (Wildman–Crippen LogP) is 4.36. The van der Waals surface area contributed by atoms with Crippen LogP contribution in [0.15, 0.2) is 54.6 Å². The topological polar surface area (TPSA) is 12.5 Å². The molecule has 0 aliphatic carbocycles. The maximum absolute atomic E-state index is 5.74. The van der Waals surface area contributed by atoms with Crippen LogP contribution in [0.4, 0.5) is 5.69 Å². The Labute approximate surface area is 129 Å². The van der Waals surface area contributed by atoms with Crippen LogP contribution in [0.5, 0.6) is 0 Å². The molecule has 0 aromatic heterocycles. The van der Waals surface area contributed by atoms with Gasteiger partial charge in [-0.1, -0.05) is 68.2 Å². The molecule has 1 atom stereocenters. The van der Waals surface area contributed by atoms with Crippen molar-refractivity contribution in [3.63, 3.8) is 0 Å². The highest BCUT2D eigenvalue weighted by Crippen LogP contribution is 2.27. The van der Waals surface area contributed by atoms with Crippen LogP contribution in [0.2, 0.25) is 19.6 Å². The first-order valence-corrected chi connectivity index (χ1v) is 10.9. The van der Waals surface area contributed by atoms with Gasteiger partial charge in [0.25, 0.3) is 0 Å². The standard InChI is InChI=1S/C18H25NOSi/c1-15(16-11-7-6-8-12-16)19(20-2)17-13-9-10-14-18(17)21(3,4)5/h6-15H,1-5H3/t15-/m1/s1. The molecule has 0 spiro atoms. The maximum atomic E-state index is 5.74. The van der Waals surface area contributed by atoms with Gasteiger partial charge in [0.1, 0.15) is 0 Å². The number of para-hydroxylation sites is 1. The van der Waals surface area contributed by atoms with Gasteiger partial charge in [0, 0.05) is 0 Å². The van der Waals surface area contributed by atoms with Gasteiger partial charge in [0.05, 0.1) is 26.9 Å². The quantitative estimate of drug-likeness (QED) is 0.601. The minimum atomic E-state index is -1.43. The van der Waals surface area contributed by atoms with Crippen molar-refractivity contribution in [2.75, 3.05) is 12.2 Å². The zero-order valence-electron chi connectivity index (χ0n) is 13.6. The number of rotatable bonds is 5. The average molecular weight is 299 g/mol. The second-order valence-corrected chi connectivity index (χ2v) is 11.4. The van der Waals surface area contributed by atoms with E-state index in [-0.39, 0.29) is 6.04 Å². The number of nitrogens with zero attached hydrogens (tertiary/aromatic N) is 1. The summed E-state index contributed by atoms with van der Waals surface area (Å²) in [5.74, 6) is 0. The van der Waals surface area contributed by atoms with Crippen molar-refractivity contribution in [2.24, 2.45) is 0 Å². The van der Waals surface area contributed by atoms with Crippen LogP contribution in [-0.4, -0.2) is 15.2 Å². The summed E-state index contributed by atoms with van der Waals surface area (Å²) in [6.07, 6.45) is 0. The number of hydrogen-bond donors (Lipinski definition) is 0. The van der Waals surface area contributed by atoms with Crippen LogP contribution in [0.25, 0.3) is 0 Å². The third-order valence-corrected chi connectivity index (χ3v) is 5.82. The minimum Gasteiger partial charge on any atom is -0.276 e. The van der Waals surface area contributed by atoms with Crippen LogP contribution in [0.1, 0.15) is 18.5 Å². The Morgan fingerprint density at radius 1 is 0.905 bits per heavy atom. The van der Waals surface area contributed by atoms with Crippen molar-refractivity contribution in [3.8, 4) is 0 Å². The molecule has 0 fully saturated rings. The summed E-state index contributed by atoms with van der Waals surface area (Å²) in [6, 6.07) is 19.3. The normalized spacial score (nSPS) is 13.0. The maximum Gasteiger partial charge on any atom is 0.0804 e. The molecule has 0 amide bonds. The molecular weight excluding hydrogens is 274 g/mol. The van der Waals surface area contributed by atoms with Crippen molar-refractivity contribution in [3.05, 3.63) is 60.2 Å². The highest BCUT2D eigenvalue weighted by Gasteiger charge is 2.25. The van der Waals surface area contributed by atoms with Gasteiger partial charge in [0.15, 0.2) is 0 Å². The molecule has 0 saturated carbocycles. The molecule has 2 aromatic carbocycles. The van der Waals surface area contributed by atoms with E-state index in [0.29, 0.717) is 0 Å². The van der Waals surface area contributed by atoms with Crippen LogP contribution < -0.4 is 10.2 Å². The molecule has 0 saturated heterocycles. The largest absolute Gasteiger partial charge is 0.276 e. The zero-order valence-corrected chi connectivity index (χ0v) is 14.6. The van der Waals surface area contributed by atoms with Crippen molar-refractivity contribution in [1.82, 2.24) is 0 Å². The third-order valence-electron chi connectivity index (χ3n) is 3.78. The predicted molar refractivity (Wildman–Crippen MR) is 93.8 cm³/mol. The van der Waals surface area contributed by atoms with E-state index < -0.39 is 8.07 Å². The van der Waals surface area contributed by atoms with Gasteiger partial charge in [-0.15, -0.1) is 0 Å². The van der Waals surface area contributed by atoms with Gasteiger partial charge in [0.2, 0.25) is 0 Å². The lowest BCUT2D eigenvalue weighted by Gasteiger charge is -2.33. The molecule has 2 rings (SSSR count). The van der Waals surface area contributed by atoms with E-state index in [1.165, 1.54) is 16.4 Å². The van der Waals surface area contributed by atoms with E-state index in [4.69, 9.17) is 4.84 Å².